The van der Waals surface area contributed by atoms with Gasteiger partial charge in [-0.15, -0.1) is 17.0 Å². The average molecular weight is 205 g/mol. The highest BCUT2D eigenvalue weighted by Gasteiger charge is 2.35. The van der Waals surface area contributed by atoms with Crippen LogP contribution in [-0.2, 0) is 0 Å². The second kappa shape index (κ2) is 3.25. The summed E-state index contributed by atoms with van der Waals surface area (Å²) in [5, 5.41) is 0. The SMILES string of the molecule is Br.C1CCC2(C1)CCCC2. The van der Waals surface area contributed by atoms with Crippen LogP contribution in [0.25, 0.3) is 0 Å². The van der Waals surface area contributed by atoms with Crippen molar-refractivity contribution in [2.75, 3.05) is 0 Å². The van der Waals surface area contributed by atoms with Gasteiger partial charge in [0.25, 0.3) is 0 Å². The van der Waals surface area contributed by atoms with Crippen molar-refractivity contribution in [3.63, 3.8) is 0 Å². The molecule has 2 aliphatic carbocycles. The minimum absolute atomic E-state index is 0. The Morgan fingerprint density at radius 1 is 0.600 bits per heavy atom. The maximum atomic E-state index is 1.56. The van der Waals surface area contributed by atoms with Crippen molar-refractivity contribution < 1.29 is 0 Å². The first-order valence-electron chi connectivity index (χ1n) is 4.41. The Labute approximate surface area is 74.2 Å². The fraction of sp³-hybridized carbons (Fsp3) is 1.00. The summed E-state index contributed by atoms with van der Waals surface area (Å²) in [6.45, 7) is 0. The van der Waals surface area contributed by atoms with E-state index in [1.807, 2.05) is 0 Å². The van der Waals surface area contributed by atoms with E-state index in [2.05, 4.69) is 0 Å². The zero-order valence-corrected chi connectivity index (χ0v) is 8.28. The van der Waals surface area contributed by atoms with E-state index in [4.69, 9.17) is 0 Å². The molecule has 0 nitrogen and oxygen atoms in total. The predicted molar refractivity (Wildman–Crippen MR) is 49.7 cm³/mol. The summed E-state index contributed by atoms with van der Waals surface area (Å²) in [5.74, 6) is 0. The first-order chi connectivity index (χ1) is 4.41. The van der Waals surface area contributed by atoms with Gasteiger partial charge in [-0.1, -0.05) is 25.7 Å². The van der Waals surface area contributed by atoms with Gasteiger partial charge in [0.1, 0.15) is 0 Å². The molecule has 0 heterocycles. The highest BCUT2D eigenvalue weighted by atomic mass is 79.9. The van der Waals surface area contributed by atoms with E-state index in [1.54, 1.807) is 25.7 Å². The Bertz CT molecular complexity index is 79.8. The van der Waals surface area contributed by atoms with E-state index in [-0.39, 0.29) is 17.0 Å². The fourth-order valence-electron chi connectivity index (χ4n) is 2.75. The first kappa shape index (κ1) is 8.58. The third-order valence-electron chi connectivity index (χ3n) is 3.33. The molecule has 10 heavy (non-hydrogen) atoms. The van der Waals surface area contributed by atoms with Crippen LogP contribution in [0.4, 0.5) is 0 Å². The molecule has 2 fully saturated rings. The number of hydrogen-bond acceptors (Lipinski definition) is 0. The van der Waals surface area contributed by atoms with Crippen LogP contribution in [-0.4, -0.2) is 0 Å². The molecule has 0 N–H and O–H groups in total. The fourth-order valence-corrected chi connectivity index (χ4v) is 2.75. The Morgan fingerprint density at radius 2 is 0.900 bits per heavy atom. The van der Waals surface area contributed by atoms with Crippen molar-refractivity contribution in [1.82, 2.24) is 0 Å². The van der Waals surface area contributed by atoms with Crippen molar-refractivity contribution in [3.8, 4) is 0 Å². The van der Waals surface area contributed by atoms with Gasteiger partial charge in [0, 0.05) is 0 Å². The second-order valence-corrected chi connectivity index (χ2v) is 3.91. The Balaban J connectivity index is 0.000000500. The molecule has 0 amide bonds. The van der Waals surface area contributed by atoms with Crippen molar-refractivity contribution in [2.45, 2.75) is 51.4 Å². The molecular formula is C9H17Br. The van der Waals surface area contributed by atoms with Crippen molar-refractivity contribution in [2.24, 2.45) is 5.41 Å². The van der Waals surface area contributed by atoms with E-state index in [1.165, 1.54) is 25.7 Å². The molecule has 0 bridgehead atoms. The molecule has 0 aromatic carbocycles. The Hall–Kier alpha value is 0.480. The highest BCUT2D eigenvalue weighted by Crippen LogP contribution is 2.50. The standard InChI is InChI=1S/C9H16.BrH/c1-2-6-9(5-1)7-3-4-8-9;/h1-8H2;1H. The third-order valence-corrected chi connectivity index (χ3v) is 3.33. The average Bonchev–Trinajstić information content (AvgIpc) is 2.45. The quantitative estimate of drug-likeness (QED) is 0.565. The van der Waals surface area contributed by atoms with Gasteiger partial charge in [0.2, 0.25) is 0 Å². The smallest absolute Gasteiger partial charge is 0.0297 e. The van der Waals surface area contributed by atoms with Crippen LogP contribution in [0.3, 0.4) is 0 Å². The van der Waals surface area contributed by atoms with Gasteiger partial charge in [0.05, 0.1) is 0 Å². The Kier molecular flexibility index (Phi) is 2.79. The zero-order chi connectivity index (χ0) is 6.16. The van der Waals surface area contributed by atoms with Gasteiger partial charge in [-0.2, -0.15) is 0 Å². The molecule has 60 valence electrons. The summed E-state index contributed by atoms with van der Waals surface area (Å²) in [4.78, 5) is 0. The third kappa shape index (κ3) is 1.39. The Morgan fingerprint density at radius 3 is 1.20 bits per heavy atom. The molecule has 0 unspecified atom stereocenters. The van der Waals surface area contributed by atoms with Crippen LogP contribution < -0.4 is 0 Å². The molecular weight excluding hydrogens is 188 g/mol. The van der Waals surface area contributed by atoms with E-state index in [0.29, 0.717) is 0 Å². The molecule has 2 aliphatic rings. The second-order valence-electron chi connectivity index (χ2n) is 3.91. The lowest BCUT2D eigenvalue weighted by Crippen LogP contribution is -2.08. The van der Waals surface area contributed by atoms with Crippen molar-refractivity contribution in [3.05, 3.63) is 0 Å². The van der Waals surface area contributed by atoms with E-state index >= 15 is 0 Å². The monoisotopic (exact) mass is 204 g/mol. The van der Waals surface area contributed by atoms with Gasteiger partial charge >= 0.3 is 0 Å². The summed E-state index contributed by atoms with van der Waals surface area (Å²) in [6.07, 6.45) is 12.4. The normalized spacial score (nSPS) is 28.8. The molecule has 1 spiro atoms. The summed E-state index contributed by atoms with van der Waals surface area (Å²) >= 11 is 0. The predicted octanol–water partition coefficient (Wildman–Crippen LogP) is 3.70. The lowest BCUT2D eigenvalue weighted by Gasteiger charge is -2.20. The van der Waals surface area contributed by atoms with Gasteiger partial charge in [-0.05, 0) is 31.1 Å². The van der Waals surface area contributed by atoms with Crippen LogP contribution in [0.2, 0.25) is 0 Å². The number of halogens is 1. The molecule has 1 heteroatoms. The maximum absolute atomic E-state index is 1.56. The van der Waals surface area contributed by atoms with E-state index in [0.717, 1.165) is 5.41 Å². The molecule has 0 radical (unpaired) electrons. The van der Waals surface area contributed by atoms with Crippen molar-refractivity contribution in [1.29, 1.82) is 0 Å². The minimum atomic E-state index is 0. The largest absolute Gasteiger partial charge is 0.114 e. The summed E-state index contributed by atoms with van der Waals surface area (Å²) in [7, 11) is 0. The molecule has 2 saturated carbocycles. The van der Waals surface area contributed by atoms with E-state index in [9.17, 15) is 0 Å². The lowest BCUT2D eigenvalue weighted by molar-refractivity contribution is 0.309. The highest BCUT2D eigenvalue weighted by molar-refractivity contribution is 8.93. The van der Waals surface area contributed by atoms with Crippen LogP contribution in [0.15, 0.2) is 0 Å². The van der Waals surface area contributed by atoms with Gasteiger partial charge in [-0.3, -0.25) is 0 Å². The van der Waals surface area contributed by atoms with Crippen LogP contribution in [0, 0.1) is 5.41 Å². The van der Waals surface area contributed by atoms with Gasteiger partial charge in [0.15, 0.2) is 0 Å². The van der Waals surface area contributed by atoms with Gasteiger partial charge in [-0.25, -0.2) is 0 Å². The zero-order valence-electron chi connectivity index (χ0n) is 6.57. The topological polar surface area (TPSA) is 0 Å². The maximum Gasteiger partial charge on any atom is -0.0297 e. The molecule has 2 rings (SSSR count). The molecule has 0 atom stereocenters. The number of hydrogen-bond donors (Lipinski definition) is 0. The van der Waals surface area contributed by atoms with E-state index < -0.39 is 0 Å². The first-order valence-corrected chi connectivity index (χ1v) is 4.41. The van der Waals surface area contributed by atoms with Crippen LogP contribution >= 0.6 is 17.0 Å². The summed E-state index contributed by atoms with van der Waals surface area (Å²) in [6, 6.07) is 0. The molecule has 0 aromatic rings. The molecule has 0 saturated heterocycles. The summed E-state index contributed by atoms with van der Waals surface area (Å²) in [5.41, 5.74) is 0.889. The molecule has 0 aliphatic heterocycles. The number of rotatable bonds is 0. The van der Waals surface area contributed by atoms with Crippen LogP contribution in [0.1, 0.15) is 51.4 Å². The molecule has 0 aromatic heterocycles. The minimum Gasteiger partial charge on any atom is -0.114 e. The van der Waals surface area contributed by atoms with Crippen LogP contribution in [0.5, 0.6) is 0 Å². The van der Waals surface area contributed by atoms with Crippen molar-refractivity contribution >= 4 is 17.0 Å². The summed E-state index contributed by atoms with van der Waals surface area (Å²) < 4.78 is 0. The van der Waals surface area contributed by atoms with Gasteiger partial charge < -0.3 is 0 Å². The lowest BCUT2D eigenvalue weighted by atomic mass is 9.85.